The molecule has 3 amide bonds. The SMILES string of the molecule is O=C1CNC(=O)N1C1CCN(CC2CCCOC2)CC1. The van der Waals surface area contributed by atoms with Gasteiger partial charge in [0.15, 0.2) is 0 Å². The van der Waals surface area contributed by atoms with Crippen molar-refractivity contribution in [1.29, 1.82) is 0 Å². The quantitative estimate of drug-likeness (QED) is 0.762. The predicted molar refractivity (Wildman–Crippen MR) is 73.2 cm³/mol. The summed E-state index contributed by atoms with van der Waals surface area (Å²) in [6.45, 7) is 4.99. The number of hydrogen-bond acceptors (Lipinski definition) is 4. The largest absolute Gasteiger partial charge is 0.381 e. The first-order chi connectivity index (χ1) is 9.74. The maximum Gasteiger partial charge on any atom is 0.324 e. The monoisotopic (exact) mass is 281 g/mol. The van der Waals surface area contributed by atoms with Crippen molar-refractivity contribution in [2.45, 2.75) is 31.7 Å². The molecule has 112 valence electrons. The van der Waals surface area contributed by atoms with Gasteiger partial charge in [0.1, 0.15) is 0 Å². The number of hydrogen-bond donors (Lipinski definition) is 1. The van der Waals surface area contributed by atoms with Gasteiger partial charge in [0, 0.05) is 32.3 Å². The van der Waals surface area contributed by atoms with Gasteiger partial charge in [-0.15, -0.1) is 0 Å². The van der Waals surface area contributed by atoms with Crippen LogP contribution in [0.3, 0.4) is 0 Å². The second-order valence-electron chi connectivity index (χ2n) is 6.04. The summed E-state index contributed by atoms with van der Waals surface area (Å²) in [5.74, 6) is 0.575. The Morgan fingerprint density at radius 1 is 1.20 bits per heavy atom. The highest BCUT2D eigenvalue weighted by molar-refractivity contribution is 6.02. The minimum atomic E-state index is -0.214. The molecule has 0 bridgehead atoms. The summed E-state index contributed by atoms with van der Waals surface area (Å²) < 4.78 is 5.52. The average Bonchev–Trinajstić information content (AvgIpc) is 2.81. The van der Waals surface area contributed by atoms with Crippen LogP contribution in [0.4, 0.5) is 4.79 Å². The number of imide groups is 1. The zero-order chi connectivity index (χ0) is 13.9. The van der Waals surface area contributed by atoms with Crippen LogP contribution < -0.4 is 5.32 Å². The van der Waals surface area contributed by atoms with E-state index in [1.807, 2.05) is 0 Å². The van der Waals surface area contributed by atoms with Crippen LogP contribution >= 0.6 is 0 Å². The molecule has 0 saturated carbocycles. The first kappa shape index (κ1) is 13.8. The van der Waals surface area contributed by atoms with Crippen LogP contribution in [0.25, 0.3) is 0 Å². The van der Waals surface area contributed by atoms with Gasteiger partial charge < -0.3 is 15.0 Å². The fourth-order valence-electron chi connectivity index (χ4n) is 3.48. The third kappa shape index (κ3) is 2.96. The van der Waals surface area contributed by atoms with E-state index in [1.54, 1.807) is 0 Å². The molecule has 1 unspecified atom stereocenters. The fraction of sp³-hybridized carbons (Fsp3) is 0.857. The van der Waals surface area contributed by atoms with Crippen LogP contribution in [0.15, 0.2) is 0 Å². The van der Waals surface area contributed by atoms with Crippen LogP contribution in [0, 0.1) is 5.92 Å². The zero-order valence-electron chi connectivity index (χ0n) is 11.8. The van der Waals surface area contributed by atoms with Crippen LogP contribution in [0.5, 0.6) is 0 Å². The van der Waals surface area contributed by atoms with Gasteiger partial charge in [-0.3, -0.25) is 9.69 Å². The van der Waals surface area contributed by atoms with Crippen molar-refractivity contribution < 1.29 is 14.3 Å². The molecule has 1 atom stereocenters. The van der Waals surface area contributed by atoms with Crippen molar-refractivity contribution in [3.8, 4) is 0 Å². The number of carbonyl (C=O) groups is 2. The van der Waals surface area contributed by atoms with Crippen molar-refractivity contribution in [2.75, 3.05) is 39.4 Å². The Morgan fingerprint density at radius 3 is 2.60 bits per heavy atom. The van der Waals surface area contributed by atoms with Crippen molar-refractivity contribution in [3.05, 3.63) is 0 Å². The average molecular weight is 281 g/mol. The molecule has 0 aromatic carbocycles. The lowest BCUT2D eigenvalue weighted by atomic mass is 9.98. The maximum absolute atomic E-state index is 11.7. The lowest BCUT2D eigenvalue weighted by Crippen LogP contribution is -2.48. The Morgan fingerprint density at radius 2 is 2.00 bits per heavy atom. The number of carbonyl (C=O) groups excluding carboxylic acids is 2. The maximum atomic E-state index is 11.7. The van der Waals surface area contributed by atoms with Crippen LogP contribution in [0.1, 0.15) is 25.7 Å². The molecule has 6 nitrogen and oxygen atoms in total. The lowest BCUT2D eigenvalue weighted by molar-refractivity contribution is -0.127. The van der Waals surface area contributed by atoms with Gasteiger partial charge in [-0.2, -0.15) is 0 Å². The van der Waals surface area contributed by atoms with Gasteiger partial charge >= 0.3 is 6.03 Å². The van der Waals surface area contributed by atoms with E-state index in [2.05, 4.69) is 10.2 Å². The Kier molecular flexibility index (Phi) is 4.21. The number of ether oxygens (including phenoxy) is 1. The Hall–Kier alpha value is -1.14. The number of likely N-dealkylation sites (tertiary alicyclic amines) is 1. The van der Waals surface area contributed by atoms with Crippen molar-refractivity contribution in [3.63, 3.8) is 0 Å². The number of piperidine rings is 1. The zero-order valence-corrected chi connectivity index (χ0v) is 11.8. The van der Waals surface area contributed by atoms with Crippen LogP contribution in [0.2, 0.25) is 0 Å². The highest BCUT2D eigenvalue weighted by atomic mass is 16.5. The van der Waals surface area contributed by atoms with Crippen molar-refractivity contribution >= 4 is 11.9 Å². The molecular weight excluding hydrogens is 258 g/mol. The van der Waals surface area contributed by atoms with Gasteiger partial charge in [0.2, 0.25) is 5.91 Å². The van der Waals surface area contributed by atoms with E-state index in [9.17, 15) is 9.59 Å². The highest BCUT2D eigenvalue weighted by Crippen LogP contribution is 2.21. The second-order valence-corrected chi connectivity index (χ2v) is 6.04. The second kappa shape index (κ2) is 6.10. The van der Waals surface area contributed by atoms with E-state index < -0.39 is 0 Å². The highest BCUT2D eigenvalue weighted by Gasteiger charge is 2.36. The van der Waals surface area contributed by atoms with E-state index >= 15 is 0 Å². The summed E-state index contributed by atoms with van der Waals surface area (Å²) >= 11 is 0. The molecule has 1 N–H and O–H groups in total. The van der Waals surface area contributed by atoms with Crippen LogP contribution in [-0.4, -0.2) is 67.2 Å². The summed E-state index contributed by atoms with van der Waals surface area (Å²) in [5, 5.41) is 2.60. The summed E-state index contributed by atoms with van der Waals surface area (Å²) in [5.41, 5.74) is 0. The van der Waals surface area contributed by atoms with E-state index in [0.29, 0.717) is 5.92 Å². The third-order valence-electron chi connectivity index (χ3n) is 4.57. The number of urea groups is 1. The first-order valence-corrected chi connectivity index (χ1v) is 7.64. The molecule has 6 heteroatoms. The molecule has 3 aliphatic heterocycles. The molecule has 0 aromatic heterocycles. The standard InChI is InChI=1S/C14H23N3O3/c18-13-8-15-14(19)17(13)12-3-5-16(6-4-12)9-11-2-1-7-20-10-11/h11-12H,1-10H2,(H,15,19). The summed E-state index contributed by atoms with van der Waals surface area (Å²) in [6.07, 6.45) is 4.22. The smallest absolute Gasteiger partial charge is 0.324 e. The van der Waals surface area contributed by atoms with Crippen molar-refractivity contribution in [1.82, 2.24) is 15.1 Å². The summed E-state index contributed by atoms with van der Waals surface area (Å²) in [7, 11) is 0. The number of rotatable bonds is 3. The third-order valence-corrected chi connectivity index (χ3v) is 4.57. The molecule has 20 heavy (non-hydrogen) atoms. The normalized spacial score (nSPS) is 29.8. The minimum Gasteiger partial charge on any atom is -0.381 e. The van der Waals surface area contributed by atoms with Gasteiger partial charge in [-0.1, -0.05) is 0 Å². The lowest BCUT2D eigenvalue weighted by Gasteiger charge is -2.37. The molecule has 0 aromatic rings. The number of nitrogens with one attached hydrogen (secondary N) is 1. The molecule has 3 fully saturated rings. The first-order valence-electron chi connectivity index (χ1n) is 7.64. The van der Waals surface area contributed by atoms with E-state index in [1.165, 1.54) is 17.7 Å². The fourth-order valence-corrected chi connectivity index (χ4v) is 3.48. The molecule has 3 aliphatic rings. The van der Waals surface area contributed by atoms with Gasteiger partial charge in [0.05, 0.1) is 13.2 Å². The summed E-state index contributed by atoms with van der Waals surface area (Å²) in [6, 6.07) is -0.127. The van der Waals surface area contributed by atoms with Crippen LogP contribution in [-0.2, 0) is 9.53 Å². The Balaban J connectivity index is 1.47. The molecule has 3 heterocycles. The minimum absolute atomic E-state index is 0.0749. The Labute approximate surface area is 119 Å². The molecule has 0 aliphatic carbocycles. The number of amides is 3. The topological polar surface area (TPSA) is 61.9 Å². The number of nitrogens with zero attached hydrogens (tertiary/aromatic N) is 2. The molecule has 0 radical (unpaired) electrons. The Bertz CT molecular complexity index is 358. The predicted octanol–water partition coefficient (Wildman–Crippen LogP) is 0.429. The van der Waals surface area contributed by atoms with Gasteiger partial charge in [0.25, 0.3) is 0 Å². The summed E-state index contributed by atoms with van der Waals surface area (Å²) in [4.78, 5) is 27.2. The van der Waals surface area contributed by atoms with E-state index in [4.69, 9.17) is 4.74 Å². The van der Waals surface area contributed by atoms with E-state index in [-0.39, 0.29) is 24.5 Å². The van der Waals surface area contributed by atoms with Crippen molar-refractivity contribution in [2.24, 2.45) is 5.92 Å². The van der Waals surface area contributed by atoms with E-state index in [0.717, 1.165) is 45.7 Å². The molecule has 3 rings (SSSR count). The van der Waals surface area contributed by atoms with Gasteiger partial charge in [-0.05, 0) is 31.6 Å². The molecular formula is C14H23N3O3. The molecule has 3 saturated heterocycles. The molecule has 0 spiro atoms. The van der Waals surface area contributed by atoms with Gasteiger partial charge in [-0.25, -0.2) is 4.79 Å².